The minimum absolute atomic E-state index is 0.0547. The summed E-state index contributed by atoms with van der Waals surface area (Å²) in [6.07, 6.45) is 2.13. The van der Waals surface area contributed by atoms with Gasteiger partial charge in [0.15, 0.2) is 0 Å². The quantitative estimate of drug-likeness (QED) is 0.917. The number of likely N-dealkylation sites (tertiary alicyclic amines) is 1. The summed E-state index contributed by atoms with van der Waals surface area (Å²) in [5.74, 6) is -0.108. The van der Waals surface area contributed by atoms with E-state index in [1.807, 2.05) is 30.3 Å². The lowest BCUT2D eigenvalue weighted by molar-refractivity contribution is -0.131. The second kappa shape index (κ2) is 7.46. The standard InChI is InChI=1S/C17H22N2O4/c20-16(18-14-7-4-10-22-12-14)15-8-9-19(15)17(21)23-11-13-5-2-1-3-6-13/h1-3,5-6,14-15H,4,7-12H2,(H,18,20)/t14?,15-/m0/s1. The molecule has 2 heterocycles. The summed E-state index contributed by atoms with van der Waals surface area (Å²) in [4.78, 5) is 25.9. The maximum atomic E-state index is 12.3. The Morgan fingerprint density at radius 2 is 2.09 bits per heavy atom. The summed E-state index contributed by atoms with van der Waals surface area (Å²) in [5, 5.41) is 2.97. The number of carbonyl (C=O) groups is 2. The number of benzene rings is 1. The molecule has 0 radical (unpaired) electrons. The molecule has 6 nitrogen and oxygen atoms in total. The first-order valence-corrected chi connectivity index (χ1v) is 8.09. The van der Waals surface area contributed by atoms with Gasteiger partial charge in [-0.2, -0.15) is 0 Å². The Balaban J connectivity index is 1.46. The lowest BCUT2D eigenvalue weighted by atomic mass is 10.0. The van der Waals surface area contributed by atoms with Gasteiger partial charge in [-0.3, -0.25) is 9.69 Å². The number of amides is 2. The lowest BCUT2D eigenvalue weighted by Gasteiger charge is -2.39. The van der Waals surface area contributed by atoms with E-state index in [1.165, 1.54) is 4.90 Å². The molecule has 0 bridgehead atoms. The number of hydrogen-bond acceptors (Lipinski definition) is 4. The van der Waals surface area contributed by atoms with E-state index in [1.54, 1.807) is 0 Å². The SMILES string of the molecule is O=C(NC1CCCOC1)[C@@H]1CCN1C(=O)OCc1ccccc1. The number of rotatable bonds is 4. The van der Waals surface area contributed by atoms with Gasteiger partial charge in [-0.25, -0.2) is 4.79 Å². The normalized spacial score (nSPS) is 23.7. The van der Waals surface area contributed by atoms with Crippen LogP contribution in [0.4, 0.5) is 4.79 Å². The molecular formula is C17H22N2O4. The Morgan fingerprint density at radius 3 is 2.74 bits per heavy atom. The van der Waals surface area contributed by atoms with Crippen molar-refractivity contribution in [3.63, 3.8) is 0 Å². The average molecular weight is 318 g/mol. The predicted molar refractivity (Wildman–Crippen MR) is 83.7 cm³/mol. The van der Waals surface area contributed by atoms with E-state index >= 15 is 0 Å². The van der Waals surface area contributed by atoms with Gasteiger partial charge in [-0.1, -0.05) is 30.3 Å². The van der Waals surface area contributed by atoms with Gasteiger partial charge in [0.05, 0.1) is 12.6 Å². The van der Waals surface area contributed by atoms with E-state index in [9.17, 15) is 9.59 Å². The molecule has 23 heavy (non-hydrogen) atoms. The molecule has 2 amide bonds. The molecule has 0 aromatic heterocycles. The van der Waals surface area contributed by atoms with Gasteiger partial charge in [0.1, 0.15) is 12.6 Å². The van der Waals surface area contributed by atoms with Gasteiger partial charge in [0.25, 0.3) is 0 Å². The fraction of sp³-hybridized carbons (Fsp3) is 0.529. The maximum absolute atomic E-state index is 12.3. The minimum atomic E-state index is -0.430. The van der Waals surface area contributed by atoms with Crippen molar-refractivity contribution in [1.82, 2.24) is 10.2 Å². The smallest absolute Gasteiger partial charge is 0.410 e. The summed E-state index contributed by atoms with van der Waals surface area (Å²) in [6.45, 7) is 2.10. The molecule has 2 aliphatic heterocycles. The van der Waals surface area contributed by atoms with Gasteiger partial charge < -0.3 is 14.8 Å². The van der Waals surface area contributed by atoms with E-state index in [4.69, 9.17) is 9.47 Å². The zero-order valence-electron chi connectivity index (χ0n) is 13.1. The Morgan fingerprint density at radius 1 is 1.26 bits per heavy atom. The van der Waals surface area contributed by atoms with Crippen molar-refractivity contribution >= 4 is 12.0 Å². The van der Waals surface area contributed by atoms with Crippen LogP contribution in [0, 0.1) is 0 Å². The number of nitrogens with zero attached hydrogens (tertiary/aromatic N) is 1. The first kappa shape index (κ1) is 15.8. The second-order valence-corrected chi connectivity index (χ2v) is 5.96. The van der Waals surface area contributed by atoms with Gasteiger partial charge in [0.2, 0.25) is 5.91 Å². The van der Waals surface area contributed by atoms with Crippen LogP contribution in [0.5, 0.6) is 0 Å². The van der Waals surface area contributed by atoms with Crippen molar-refractivity contribution < 1.29 is 19.1 Å². The fourth-order valence-corrected chi connectivity index (χ4v) is 2.83. The molecule has 2 saturated heterocycles. The van der Waals surface area contributed by atoms with Crippen LogP contribution in [-0.2, 0) is 20.9 Å². The lowest BCUT2D eigenvalue weighted by Crippen LogP contribution is -2.60. The summed E-state index contributed by atoms with van der Waals surface area (Å²) in [6, 6.07) is 9.15. The molecule has 1 aromatic rings. The molecule has 2 aliphatic rings. The summed E-state index contributed by atoms with van der Waals surface area (Å²) in [7, 11) is 0. The average Bonchev–Trinajstić information content (AvgIpc) is 2.54. The summed E-state index contributed by atoms with van der Waals surface area (Å²) in [5.41, 5.74) is 0.932. The van der Waals surface area contributed by atoms with Crippen LogP contribution in [0.2, 0.25) is 0 Å². The molecule has 1 aromatic carbocycles. The van der Waals surface area contributed by atoms with Crippen LogP contribution >= 0.6 is 0 Å². The number of carbonyl (C=O) groups excluding carboxylic acids is 2. The molecule has 1 unspecified atom stereocenters. The van der Waals surface area contributed by atoms with Crippen molar-refractivity contribution in [2.75, 3.05) is 19.8 Å². The minimum Gasteiger partial charge on any atom is -0.445 e. The van der Waals surface area contributed by atoms with E-state index in [0.29, 0.717) is 19.6 Å². The molecule has 6 heteroatoms. The van der Waals surface area contributed by atoms with Crippen molar-refractivity contribution in [3.05, 3.63) is 35.9 Å². The van der Waals surface area contributed by atoms with Crippen molar-refractivity contribution in [2.24, 2.45) is 0 Å². The van der Waals surface area contributed by atoms with Crippen LogP contribution in [0.1, 0.15) is 24.8 Å². The molecular weight excluding hydrogens is 296 g/mol. The van der Waals surface area contributed by atoms with Gasteiger partial charge in [0, 0.05) is 13.2 Å². The number of ether oxygens (including phenoxy) is 2. The molecule has 124 valence electrons. The Kier molecular flexibility index (Phi) is 5.12. The van der Waals surface area contributed by atoms with Crippen LogP contribution in [-0.4, -0.2) is 48.7 Å². The Bertz CT molecular complexity index is 543. The highest BCUT2D eigenvalue weighted by Gasteiger charge is 2.39. The van der Waals surface area contributed by atoms with Gasteiger partial charge >= 0.3 is 6.09 Å². The summed E-state index contributed by atoms with van der Waals surface area (Å²) >= 11 is 0. The molecule has 2 fully saturated rings. The third-order valence-corrected chi connectivity index (χ3v) is 4.27. The topological polar surface area (TPSA) is 67.9 Å². The molecule has 0 saturated carbocycles. The second-order valence-electron chi connectivity index (χ2n) is 5.96. The van der Waals surface area contributed by atoms with E-state index in [0.717, 1.165) is 25.0 Å². The maximum Gasteiger partial charge on any atom is 0.410 e. The first-order chi connectivity index (χ1) is 11.2. The highest BCUT2D eigenvalue weighted by molar-refractivity contribution is 5.87. The third kappa shape index (κ3) is 4.01. The highest BCUT2D eigenvalue weighted by Crippen LogP contribution is 2.20. The number of nitrogens with one attached hydrogen (secondary N) is 1. The zero-order chi connectivity index (χ0) is 16.1. The monoisotopic (exact) mass is 318 g/mol. The van der Waals surface area contributed by atoms with E-state index in [-0.39, 0.29) is 18.6 Å². The van der Waals surface area contributed by atoms with Gasteiger partial charge in [-0.15, -0.1) is 0 Å². The largest absolute Gasteiger partial charge is 0.445 e. The zero-order valence-corrected chi connectivity index (χ0v) is 13.1. The van der Waals surface area contributed by atoms with Crippen LogP contribution in [0.3, 0.4) is 0 Å². The van der Waals surface area contributed by atoms with E-state index in [2.05, 4.69) is 5.32 Å². The molecule has 3 rings (SSSR count). The predicted octanol–water partition coefficient (Wildman–Crippen LogP) is 1.69. The van der Waals surface area contributed by atoms with Gasteiger partial charge in [-0.05, 0) is 24.8 Å². The molecule has 0 spiro atoms. The van der Waals surface area contributed by atoms with Crippen molar-refractivity contribution in [1.29, 1.82) is 0 Å². The van der Waals surface area contributed by atoms with Crippen LogP contribution in [0.15, 0.2) is 30.3 Å². The van der Waals surface area contributed by atoms with Crippen molar-refractivity contribution in [2.45, 2.75) is 38.0 Å². The summed E-state index contributed by atoms with van der Waals surface area (Å²) < 4.78 is 10.6. The molecule has 2 atom stereocenters. The van der Waals surface area contributed by atoms with E-state index < -0.39 is 12.1 Å². The first-order valence-electron chi connectivity index (χ1n) is 8.09. The molecule has 1 N–H and O–H groups in total. The highest BCUT2D eigenvalue weighted by atomic mass is 16.6. The Hall–Kier alpha value is -2.08. The molecule has 0 aliphatic carbocycles. The third-order valence-electron chi connectivity index (χ3n) is 4.27. The van der Waals surface area contributed by atoms with Crippen molar-refractivity contribution in [3.8, 4) is 0 Å². The Labute approximate surface area is 135 Å². The fourth-order valence-electron chi connectivity index (χ4n) is 2.83. The van der Waals surface area contributed by atoms with Crippen LogP contribution in [0.25, 0.3) is 0 Å². The van der Waals surface area contributed by atoms with Crippen LogP contribution < -0.4 is 5.32 Å². The number of hydrogen-bond donors (Lipinski definition) is 1.